The first-order valence-electron chi connectivity index (χ1n) is 5.27. The summed E-state index contributed by atoms with van der Waals surface area (Å²) >= 11 is 0. The lowest BCUT2D eigenvalue weighted by molar-refractivity contribution is 0.102. The van der Waals surface area contributed by atoms with E-state index in [1.807, 2.05) is 24.0 Å². The van der Waals surface area contributed by atoms with Gasteiger partial charge in [0.2, 0.25) is 0 Å². The number of para-hydroxylation sites is 1. The van der Waals surface area contributed by atoms with E-state index in [0.717, 1.165) is 11.6 Å². The Kier molecular flexibility index (Phi) is 3.09. The minimum atomic E-state index is -0.711. The Balaban J connectivity index is 2.30. The summed E-state index contributed by atoms with van der Waals surface area (Å²) in [5, 5.41) is 2.62. The van der Waals surface area contributed by atoms with E-state index >= 15 is 0 Å². The summed E-state index contributed by atoms with van der Waals surface area (Å²) in [5.41, 5.74) is 0.111. The molecule has 0 radical (unpaired) electrons. The van der Waals surface area contributed by atoms with Gasteiger partial charge in [-0.25, -0.2) is 4.79 Å². The van der Waals surface area contributed by atoms with Gasteiger partial charge in [0.15, 0.2) is 0 Å². The van der Waals surface area contributed by atoms with E-state index < -0.39 is 17.2 Å². The molecular formula is C12H11N3O3. The molecule has 0 fully saturated rings. The van der Waals surface area contributed by atoms with Crippen molar-refractivity contribution in [2.75, 3.05) is 5.32 Å². The number of aromatic nitrogens is 2. The highest BCUT2D eigenvalue weighted by Crippen LogP contribution is 2.13. The van der Waals surface area contributed by atoms with Gasteiger partial charge < -0.3 is 10.3 Å². The van der Waals surface area contributed by atoms with Crippen LogP contribution >= 0.6 is 0 Å². The number of rotatable bonds is 2. The summed E-state index contributed by atoms with van der Waals surface area (Å²) < 4.78 is 0. The molecule has 0 aliphatic heterocycles. The molecule has 0 atom stereocenters. The van der Waals surface area contributed by atoms with E-state index in [4.69, 9.17) is 0 Å². The Labute approximate surface area is 102 Å². The van der Waals surface area contributed by atoms with E-state index in [1.165, 1.54) is 0 Å². The van der Waals surface area contributed by atoms with Crippen LogP contribution in [0.2, 0.25) is 0 Å². The number of carbonyl (C=O) groups excluding carboxylic acids is 1. The number of anilines is 1. The van der Waals surface area contributed by atoms with Crippen molar-refractivity contribution in [3.8, 4) is 0 Å². The molecule has 0 aliphatic carbocycles. The maximum atomic E-state index is 11.8. The lowest BCUT2D eigenvalue weighted by Crippen LogP contribution is -2.27. The number of nitrogens with one attached hydrogen (secondary N) is 3. The zero-order valence-electron chi connectivity index (χ0n) is 9.61. The summed E-state index contributed by atoms with van der Waals surface area (Å²) in [6.07, 6.45) is 0. The molecule has 2 rings (SSSR count). The smallest absolute Gasteiger partial charge is 0.320 e. The molecule has 0 saturated heterocycles. The zero-order chi connectivity index (χ0) is 13.1. The van der Waals surface area contributed by atoms with Gasteiger partial charge in [-0.1, -0.05) is 18.2 Å². The van der Waals surface area contributed by atoms with Crippen LogP contribution in [-0.4, -0.2) is 15.9 Å². The van der Waals surface area contributed by atoms with Crippen molar-refractivity contribution in [3.63, 3.8) is 0 Å². The summed E-state index contributed by atoms with van der Waals surface area (Å²) in [6, 6.07) is 8.24. The highest BCUT2D eigenvalue weighted by atomic mass is 16.2. The molecule has 18 heavy (non-hydrogen) atoms. The normalized spacial score (nSPS) is 10.1. The van der Waals surface area contributed by atoms with Crippen molar-refractivity contribution in [1.29, 1.82) is 0 Å². The molecule has 2 aromatic rings. The van der Waals surface area contributed by atoms with Gasteiger partial charge >= 0.3 is 5.69 Å². The average Bonchev–Trinajstić information content (AvgIpc) is 2.31. The third kappa shape index (κ3) is 2.54. The molecule has 1 aromatic heterocycles. The van der Waals surface area contributed by atoms with E-state index in [9.17, 15) is 14.4 Å². The van der Waals surface area contributed by atoms with Crippen LogP contribution in [-0.2, 0) is 0 Å². The molecule has 1 heterocycles. The highest BCUT2D eigenvalue weighted by Gasteiger charge is 2.09. The SMILES string of the molecule is Cc1ccccc1NC(=O)c1cc(=O)[nH]c(=O)[nH]1. The molecule has 3 N–H and O–H groups in total. The third-order valence-corrected chi connectivity index (χ3v) is 2.40. The number of hydrogen-bond donors (Lipinski definition) is 3. The fourth-order valence-electron chi connectivity index (χ4n) is 1.49. The molecule has 92 valence electrons. The molecule has 0 unspecified atom stereocenters. The number of aromatic amines is 2. The predicted molar refractivity (Wildman–Crippen MR) is 66.8 cm³/mol. The first-order chi connectivity index (χ1) is 8.56. The molecule has 0 saturated carbocycles. The van der Waals surface area contributed by atoms with Crippen LogP contribution in [0.3, 0.4) is 0 Å². The lowest BCUT2D eigenvalue weighted by Gasteiger charge is -2.07. The molecule has 0 aliphatic rings. The van der Waals surface area contributed by atoms with Gasteiger partial charge in [-0.05, 0) is 18.6 Å². The lowest BCUT2D eigenvalue weighted by atomic mass is 10.2. The first kappa shape index (κ1) is 11.8. The number of H-pyrrole nitrogens is 2. The minimum absolute atomic E-state index is 0.0768. The Morgan fingerprint density at radius 3 is 2.56 bits per heavy atom. The number of carbonyl (C=O) groups is 1. The predicted octanol–water partition coefficient (Wildman–Crippen LogP) is 0.624. The van der Waals surface area contributed by atoms with Crippen molar-refractivity contribution in [2.24, 2.45) is 0 Å². The molecule has 6 nitrogen and oxygen atoms in total. The van der Waals surface area contributed by atoms with Gasteiger partial charge in [-0.2, -0.15) is 0 Å². The number of amides is 1. The standard InChI is InChI=1S/C12H11N3O3/c1-7-4-2-3-5-8(7)13-11(17)9-6-10(16)15-12(18)14-9/h2-6H,1H3,(H,13,17)(H2,14,15,16,18). The maximum Gasteiger partial charge on any atom is 0.326 e. The summed E-state index contributed by atoms with van der Waals surface area (Å²) in [6.45, 7) is 1.84. The third-order valence-electron chi connectivity index (χ3n) is 2.40. The topological polar surface area (TPSA) is 94.8 Å². The van der Waals surface area contributed by atoms with Crippen molar-refractivity contribution < 1.29 is 4.79 Å². The van der Waals surface area contributed by atoms with Crippen molar-refractivity contribution in [1.82, 2.24) is 9.97 Å². The number of benzene rings is 1. The molecule has 1 amide bonds. The van der Waals surface area contributed by atoms with Gasteiger partial charge in [0.1, 0.15) is 5.69 Å². The van der Waals surface area contributed by atoms with Crippen LogP contribution in [0.15, 0.2) is 39.9 Å². The van der Waals surface area contributed by atoms with Crippen molar-refractivity contribution >= 4 is 11.6 Å². The quantitative estimate of drug-likeness (QED) is 0.724. The van der Waals surface area contributed by atoms with Gasteiger partial charge in [0.05, 0.1) is 0 Å². The molecule has 6 heteroatoms. The Morgan fingerprint density at radius 1 is 1.17 bits per heavy atom. The van der Waals surface area contributed by atoms with Crippen molar-refractivity contribution in [3.05, 3.63) is 62.4 Å². The van der Waals surface area contributed by atoms with Gasteiger partial charge in [-0.3, -0.25) is 14.6 Å². The molecule has 0 bridgehead atoms. The average molecular weight is 245 g/mol. The molecular weight excluding hydrogens is 234 g/mol. The van der Waals surface area contributed by atoms with E-state index in [0.29, 0.717) is 5.69 Å². The summed E-state index contributed by atoms with van der Waals surface area (Å²) in [5.74, 6) is -0.535. The maximum absolute atomic E-state index is 11.8. The van der Waals surface area contributed by atoms with Crippen LogP contribution in [0.1, 0.15) is 16.1 Å². The largest absolute Gasteiger partial charge is 0.326 e. The van der Waals surface area contributed by atoms with Crippen molar-refractivity contribution in [2.45, 2.75) is 6.92 Å². The fraction of sp³-hybridized carbons (Fsp3) is 0.0833. The second kappa shape index (κ2) is 4.70. The van der Waals surface area contributed by atoms with Crippen LogP contribution in [0.5, 0.6) is 0 Å². The Morgan fingerprint density at radius 2 is 1.89 bits per heavy atom. The zero-order valence-corrected chi connectivity index (χ0v) is 9.61. The summed E-state index contributed by atoms with van der Waals surface area (Å²) in [4.78, 5) is 38.2. The Bertz CT molecular complexity index is 672. The van der Waals surface area contributed by atoms with E-state index in [-0.39, 0.29) is 5.69 Å². The second-order valence-electron chi connectivity index (χ2n) is 3.77. The Hall–Kier alpha value is -2.63. The number of hydrogen-bond acceptors (Lipinski definition) is 3. The van der Waals surface area contributed by atoms with E-state index in [2.05, 4.69) is 10.3 Å². The molecule has 0 spiro atoms. The van der Waals surface area contributed by atoms with Crippen LogP contribution in [0.4, 0.5) is 5.69 Å². The van der Waals surface area contributed by atoms with Crippen LogP contribution < -0.4 is 16.6 Å². The van der Waals surface area contributed by atoms with Crippen LogP contribution in [0, 0.1) is 6.92 Å². The second-order valence-corrected chi connectivity index (χ2v) is 3.77. The monoisotopic (exact) mass is 245 g/mol. The molecule has 1 aromatic carbocycles. The minimum Gasteiger partial charge on any atom is -0.320 e. The first-order valence-corrected chi connectivity index (χ1v) is 5.27. The van der Waals surface area contributed by atoms with Gasteiger partial charge in [0, 0.05) is 11.8 Å². The fourth-order valence-corrected chi connectivity index (χ4v) is 1.49. The van der Waals surface area contributed by atoms with E-state index in [1.54, 1.807) is 12.1 Å². The van der Waals surface area contributed by atoms with Crippen LogP contribution in [0.25, 0.3) is 0 Å². The van der Waals surface area contributed by atoms with Gasteiger partial charge in [0.25, 0.3) is 11.5 Å². The number of aryl methyl sites for hydroxylation is 1. The summed E-state index contributed by atoms with van der Waals surface area (Å²) in [7, 11) is 0. The van der Waals surface area contributed by atoms with Gasteiger partial charge in [-0.15, -0.1) is 0 Å². The highest BCUT2D eigenvalue weighted by molar-refractivity contribution is 6.03.